The Hall–Kier alpha value is -2.27. The van der Waals surface area contributed by atoms with E-state index >= 15 is 0 Å². The molecular formula is C22H27N3O2. The fraction of sp³-hybridized carbons (Fsp3) is 0.500. The second-order valence-electron chi connectivity index (χ2n) is 7.62. The number of fused-ring (bicyclic) bond motifs is 3. The number of piperidine rings is 1. The Morgan fingerprint density at radius 2 is 1.70 bits per heavy atom. The largest absolute Gasteiger partial charge is 0.326 e. The maximum absolute atomic E-state index is 12.7. The van der Waals surface area contributed by atoms with Gasteiger partial charge in [0.15, 0.2) is 0 Å². The number of hydrogen-bond donors (Lipinski definition) is 0. The zero-order valence-electron chi connectivity index (χ0n) is 16.0. The average Bonchev–Trinajstić information content (AvgIpc) is 3.05. The second kappa shape index (κ2) is 7.77. The maximum Gasteiger partial charge on any atom is 0.254 e. The Kier molecular flexibility index (Phi) is 5.21. The van der Waals surface area contributed by atoms with Crippen molar-refractivity contribution in [3.8, 4) is 11.3 Å². The van der Waals surface area contributed by atoms with E-state index < -0.39 is 11.6 Å². The predicted octanol–water partition coefficient (Wildman–Crippen LogP) is 4.11. The number of nitrogens with zero attached hydrogens (tertiary/aromatic N) is 3. The van der Waals surface area contributed by atoms with E-state index in [-0.39, 0.29) is 0 Å². The summed E-state index contributed by atoms with van der Waals surface area (Å²) in [5, 5.41) is 0. The molecule has 1 aromatic carbocycles. The minimum Gasteiger partial charge on any atom is -0.326 e. The third kappa shape index (κ3) is 3.36. The molecule has 0 bridgehead atoms. The Morgan fingerprint density at radius 3 is 2.44 bits per heavy atom. The lowest BCUT2D eigenvalue weighted by Crippen LogP contribution is -2.30. The highest BCUT2D eigenvalue weighted by Crippen LogP contribution is 2.35. The zero-order valence-corrected chi connectivity index (χ0v) is 16.0. The molecule has 0 atom stereocenters. The van der Waals surface area contributed by atoms with Crippen molar-refractivity contribution in [2.24, 2.45) is 0 Å². The molecule has 27 heavy (non-hydrogen) atoms. The van der Waals surface area contributed by atoms with Gasteiger partial charge in [0.05, 0.1) is 12.2 Å². The fourth-order valence-electron chi connectivity index (χ4n) is 4.25. The number of likely N-dealkylation sites (tertiary alicyclic amines) is 1. The van der Waals surface area contributed by atoms with E-state index in [9.17, 15) is 9.59 Å². The molecule has 5 heteroatoms. The van der Waals surface area contributed by atoms with Crippen molar-refractivity contribution in [3.05, 3.63) is 41.3 Å². The molecule has 2 aromatic rings. The molecule has 0 saturated carbocycles. The van der Waals surface area contributed by atoms with Crippen molar-refractivity contribution in [1.82, 2.24) is 14.5 Å². The molecule has 2 aliphatic rings. The molecule has 5 nitrogen and oxygen atoms in total. The van der Waals surface area contributed by atoms with Gasteiger partial charge in [-0.1, -0.05) is 50.5 Å². The van der Waals surface area contributed by atoms with Crippen LogP contribution in [-0.2, 0) is 13.1 Å². The highest BCUT2D eigenvalue weighted by atomic mass is 16.2. The van der Waals surface area contributed by atoms with Gasteiger partial charge in [-0.15, -0.1) is 0 Å². The molecule has 0 spiro atoms. The van der Waals surface area contributed by atoms with Crippen molar-refractivity contribution >= 4 is 11.6 Å². The minimum absolute atomic E-state index is 0.349. The van der Waals surface area contributed by atoms with E-state index in [4.69, 9.17) is 4.98 Å². The molecule has 1 aliphatic carbocycles. The number of ketones is 2. The molecule has 1 saturated heterocycles. The first-order chi connectivity index (χ1) is 13.2. The summed E-state index contributed by atoms with van der Waals surface area (Å²) in [5.41, 5.74) is 2.56. The van der Waals surface area contributed by atoms with Crippen molar-refractivity contribution in [2.45, 2.75) is 58.5 Å². The van der Waals surface area contributed by atoms with E-state index in [1.165, 1.54) is 19.3 Å². The number of Topliss-reactive ketones (excluding diaryl/α,β-unsaturated/α-hetero) is 2. The van der Waals surface area contributed by atoms with Gasteiger partial charge in [0.1, 0.15) is 11.5 Å². The molecule has 1 aromatic heterocycles. The Labute approximate surface area is 160 Å². The van der Waals surface area contributed by atoms with E-state index in [2.05, 4.69) is 16.4 Å². The van der Waals surface area contributed by atoms with Crippen LogP contribution in [0.25, 0.3) is 11.3 Å². The van der Waals surface area contributed by atoms with Crippen molar-refractivity contribution in [3.63, 3.8) is 0 Å². The summed E-state index contributed by atoms with van der Waals surface area (Å²) in [5.74, 6) is 0.0366. The first-order valence-electron chi connectivity index (χ1n) is 10.2. The Balaban J connectivity index is 1.78. The standard InChI is InChI=1S/C22H27N3O2/c1-2-3-7-14-25-18(15-24-12-8-4-9-13-24)23-19-20(25)16-10-5-6-11-17(16)21(26)22(19)27/h5-6,10-11H,2-4,7-9,12-15H2,1H3. The van der Waals surface area contributed by atoms with E-state index in [1.807, 2.05) is 18.2 Å². The Morgan fingerprint density at radius 1 is 0.963 bits per heavy atom. The number of benzene rings is 1. The minimum atomic E-state index is -0.460. The normalized spacial score (nSPS) is 17.1. The molecule has 4 rings (SSSR count). The lowest BCUT2D eigenvalue weighted by atomic mass is 9.90. The summed E-state index contributed by atoms with van der Waals surface area (Å²) in [7, 11) is 0. The first-order valence-corrected chi connectivity index (χ1v) is 10.2. The smallest absolute Gasteiger partial charge is 0.254 e. The van der Waals surface area contributed by atoms with Gasteiger partial charge >= 0.3 is 0 Å². The van der Waals surface area contributed by atoms with Crippen LogP contribution in [0.4, 0.5) is 0 Å². The molecule has 142 valence electrons. The summed E-state index contributed by atoms with van der Waals surface area (Å²) >= 11 is 0. The molecule has 2 heterocycles. The number of aromatic nitrogens is 2. The van der Waals surface area contributed by atoms with Crippen LogP contribution in [0.5, 0.6) is 0 Å². The zero-order chi connectivity index (χ0) is 18.8. The van der Waals surface area contributed by atoms with E-state index in [0.717, 1.165) is 62.5 Å². The Bertz CT molecular complexity index is 862. The van der Waals surface area contributed by atoms with Crippen LogP contribution in [0.1, 0.15) is 72.1 Å². The van der Waals surface area contributed by atoms with Crippen molar-refractivity contribution in [1.29, 1.82) is 0 Å². The quantitative estimate of drug-likeness (QED) is 0.571. The van der Waals surface area contributed by atoms with Gasteiger partial charge in [0.25, 0.3) is 5.78 Å². The highest BCUT2D eigenvalue weighted by molar-refractivity contribution is 6.52. The number of carbonyl (C=O) groups excluding carboxylic acids is 2. The fourth-order valence-corrected chi connectivity index (χ4v) is 4.25. The van der Waals surface area contributed by atoms with Gasteiger partial charge in [-0.3, -0.25) is 14.5 Å². The monoisotopic (exact) mass is 365 g/mol. The molecule has 0 radical (unpaired) electrons. The molecule has 1 aliphatic heterocycles. The topological polar surface area (TPSA) is 55.2 Å². The first kappa shape index (κ1) is 18.1. The third-order valence-corrected chi connectivity index (χ3v) is 5.69. The lowest BCUT2D eigenvalue weighted by Gasteiger charge is -2.26. The number of hydrogen-bond acceptors (Lipinski definition) is 4. The van der Waals surface area contributed by atoms with Gasteiger partial charge in [-0.05, 0) is 32.4 Å². The van der Waals surface area contributed by atoms with E-state index in [1.54, 1.807) is 6.07 Å². The number of rotatable bonds is 6. The third-order valence-electron chi connectivity index (χ3n) is 5.69. The number of unbranched alkanes of at least 4 members (excludes halogenated alkanes) is 2. The van der Waals surface area contributed by atoms with Crippen LogP contribution < -0.4 is 0 Å². The second-order valence-corrected chi connectivity index (χ2v) is 7.62. The van der Waals surface area contributed by atoms with Gasteiger partial charge < -0.3 is 4.57 Å². The molecule has 0 unspecified atom stereocenters. The molecule has 0 amide bonds. The molecule has 1 fully saturated rings. The SMILES string of the molecule is CCCCCn1c(CN2CCCCC2)nc2c1-c1ccccc1C(=O)C2=O. The molecular weight excluding hydrogens is 338 g/mol. The summed E-state index contributed by atoms with van der Waals surface area (Å²) in [6, 6.07) is 7.45. The predicted molar refractivity (Wildman–Crippen MR) is 105 cm³/mol. The summed E-state index contributed by atoms with van der Waals surface area (Å²) in [4.78, 5) is 32.4. The van der Waals surface area contributed by atoms with Crippen LogP contribution in [0.3, 0.4) is 0 Å². The van der Waals surface area contributed by atoms with Crippen LogP contribution in [0.15, 0.2) is 24.3 Å². The maximum atomic E-state index is 12.7. The molecule has 0 N–H and O–H groups in total. The average molecular weight is 365 g/mol. The van der Waals surface area contributed by atoms with Crippen LogP contribution in [-0.4, -0.2) is 39.1 Å². The highest BCUT2D eigenvalue weighted by Gasteiger charge is 2.35. The van der Waals surface area contributed by atoms with Gasteiger partial charge in [-0.2, -0.15) is 0 Å². The van der Waals surface area contributed by atoms with Crippen molar-refractivity contribution in [2.75, 3.05) is 13.1 Å². The van der Waals surface area contributed by atoms with Crippen LogP contribution in [0.2, 0.25) is 0 Å². The number of imidazole rings is 1. The number of carbonyl (C=O) groups is 2. The summed E-state index contributed by atoms with van der Waals surface area (Å²) < 4.78 is 2.21. The lowest BCUT2D eigenvalue weighted by molar-refractivity contribution is 0.0812. The van der Waals surface area contributed by atoms with Crippen LogP contribution in [0, 0.1) is 0 Å². The summed E-state index contributed by atoms with van der Waals surface area (Å²) in [6.45, 7) is 5.94. The van der Waals surface area contributed by atoms with Gasteiger partial charge in [0, 0.05) is 17.7 Å². The van der Waals surface area contributed by atoms with Crippen LogP contribution >= 0.6 is 0 Å². The van der Waals surface area contributed by atoms with Crippen molar-refractivity contribution < 1.29 is 9.59 Å². The summed E-state index contributed by atoms with van der Waals surface area (Å²) in [6.07, 6.45) is 7.07. The van der Waals surface area contributed by atoms with Gasteiger partial charge in [0.2, 0.25) is 5.78 Å². The van der Waals surface area contributed by atoms with E-state index in [0.29, 0.717) is 11.3 Å². The van der Waals surface area contributed by atoms with Gasteiger partial charge in [-0.25, -0.2) is 4.98 Å².